The topological polar surface area (TPSA) is 59.8 Å². The van der Waals surface area contributed by atoms with E-state index in [9.17, 15) is 0 Å². The number of benzene rings is 1. The minimum atomic E-state index is 0.508. The van der Waals surface area contributed by atoms with Gasteiger partial charge in [0.1, 0.15) is 18.4 Å². The van der Waals surface area contributed by atoms with Crippen LogP contribution in [-0.4, -0.2) is 30.8 Å². The molecule has 1 aliphatic heterocycles. The zero-order valence-electron chi connectivity index (χ0n) is 14.4. The highest BCUT2D eigenvalue weighted by Crippen LogP contribution is 2.38. The van der Waals surface area contributed by atoms with E-state index in [1.165, 1.54) is 0 Å². The Morgan fingerprint density at radius 3 is 2.50 bits per heavy atom. The molecule has 0 saturated carbocycles. The molecular weight excluding hydrogens is 399 g/mol. The van der Waals surface area contributed by atoms with Gasteiger partial charge in [-0.3, -0.25) is 4.99 Å². The van der Waals surface area contributed by atoms with Crippen LogP contribution in [0.2, 0.25) is 15.2 Å². The lowest BCUT2D eigenvalue weighted by Crippen LogP contribution is -2.36. The van der Waals surface area contributed by atoms with Crippen molar-refractivity contribution < 1.29 is 9.47 Å². The predicted octanol–water partition coefficient (Wildman–Crippen LogP) is 3.62. The van der Waals surface area contributed by atoms with Gasteiger partial charge in [-0.25, -0.2) is 0 Å². The number of nitrogens with zero attached hydrogens (tertiary/aromatic N) is 2. The highest BCUT2D eigenvalue weighted by Gasteiger charge is 2.16. The van der Waals surface area contributed by atoms with Gasteiger partial charge in [-0.15, -0.1) is 0 Å². The molecule has 0 spiro atoms. The Labute approximate surface area is 167 Å². The lowest BCUT2D eigenvalue weighted by Gasteiger charge is -2.20. The van der Waals surface area contributed by atoms with Crippen LogP contribution < -0.4 is 20.1 Å². The van der Waals surface area contributed by atoms with Gasteiger partial charge in [-0.2, -0.15) is 0 Å². The third-order valence-electron chi connectivity index (χ3n) is 3.99. The number of hydrogen-bond acceptors (Lipinski definition) is 3. The van der Waals surface area contributed by atoms with Crippen LogP contribution in [0.5, 0.6) is 11.5 Å². The summed E-state index contributed by atoms with van der Waals surface area (Å²) in [7, 11) is 3.57. The molecule has 0 saturated heterocycles. The molecule has 1 aliphatic rings. The van der Waals surface area contributed by atoms with Crippen molar-refractivity contribution in [3.05, 3.63) is 44.7 Å². The fourth-order valence-corrected chi connectivity index (χ4v) is 3.31. The minimum absolute atomic E-state index is 0.508. The zero-order valence-corrected chi connectivity index (χ0v) is 16.7. The zero-order chi connectivity index (χ0) is 18.7. The first-order chi connectivity index (χ1) is 12.5. The van der Waals surface area contributed by atoms with Crippen molar-refractivity contribution in [1.82, 2.24) is 15.2 Å². The molecule has 0 aliphatic carbocycles. The number of ether oxygens (including phenoxy) is 2. The van der Waals surface area contributed by atoms with Crippen molar-refractivity contribution in [2.75, 3.05) is 20.3 Å². The standard InChI is InChI=1S/C17H19Cl3N4O2/c1-21-17(23-9-11-7-13(19)16(20)24(11)2)22-8-10-5-12(18)15-14(6-10)25-3-4-26-15/h5-7H,3-4,8-9H2,1-2H3,(H2,21,22,23). The molecule has 140 valence electrons. The number of nitrogens with one attached hydrogen (secondary N) is 2. The summed E-state index contributed by atoms with van der Waals surface area (Å²) in [5, 5.41) is 8.04. The molecule has 3 rings (SSSR count). The Morgan fingerprint density at radius 1 is 1.08 bits per heavy atom. The molecule has 0 fully saturated rings. The van der Waals surface area contributed by atoms with Crippen LogP contribution in [0.4, 0.5) is 0 Å². The quantitative estimate of drug-likeness (QED) is 0.589. The highest BCUT2D eigenvalue weighted by molar-refractivity contribution is 6.41. The number of hydrogen-bond donors (Lipinski definition) is 2. The number of halogens is 3. The monoisotopic (exact) mass is 416 g/mol. The van der Waals surface area contributed by atoms with Crippen LogP contribution in [-0.2, 0) is 20.1 Å². The number of fused-ring (bicyclic) bond motifs is 1. The third-order valence-corrected chi connectivity index (χ3v) is 5.12. The second-order valence-corrected chi connectivity index (χ2v) is 6.89. The molecule has 0 atom stereocenters. The Morgan fingerprint density at radius 2 is 1.81 bits per heavy atom. The van der Waals surface area contributed by atoms with Crippen LogP contribution in [0.25, 0.3) is 0 Å². The lowest BCUT2D eigenvalue weighted by molar-refractivity contribution is 0.171. The first-order valence-corrected chi connectivity index (χ1v) is 9.15. The third kappa shape index (κ3) is 4.14. The molecule has 2 N–H and O–H groups in total. The van der Waals surface area contributed by atoms with E-state index in [4.69, 9.17) is 44.3 Å². The number of guanidine groups is 1. The summed E-state index contributed by atoms with van der Waals surface area (Å²) in [6.07, 6.45) is 0. The molecule has 2 aromatic rings. The Balaban J connectivity index is 1.61. The van der Waals surface area contributed by atoms with E-state index in [0.717, 1.165) is 11.3 Å². The molecule has 26 heavy (non-hydrogen) atoms. The number of aliphatic imine (C=N–C) groups is 1. The summed E-state index contributed by atoms with van der Waals surface area (Å²) in [5.74, 6) is 1.91. The lowest BCUT2D eigenvalue weighted by atomic mass is 10.2. The van der Waals surface area contributed by atoms with Crippen molar-refractivity contribution in [2.45, 2.75) is 13.1 Å². The molecule has 0 amide bonds. The second kappa shape index (κ2) is 8.29. The van der Waals surface area contributed by atoms with Crippen LogP contribution in [0, 0.1) is 0 Å². The van der Waals surface area contributed by atoms with Crippen LogP contribution >= 0.6 is 34.8 Å². The van der Waals surface area contributed by atoms with Gasteiger partial charge >= 0.3 is 0 Å². The van der Waals surface area contributed by atoms with E-state index in [2.05, 4.69) is 15.6 Å². The summed E-state index contributed by atoms with van der Waals surface area (Å²) in [6.45, 7) is 2.09. The van der Waals surface area contributed by atoms with Gasteiger partial charge in [0.25, 0.3) is 0 Å². The molecule has 1 aromatic heterocycles. The van der Waals surface area contributed by atoms with Crippen molar-refractivity contribution in [3.8, 4) is 11.5 Å². The van der Waals surface area contributed by atoms with Gasteiger partial charge in [0.15, 0.2) is 17.5 Å². The summed E-state index contributed by atoms with van der Waals surface area (Å²) in [4.78, 5) is 4.22. The molecule has 0 unspecified atom stereocenters. The maximum absolute atomic E-state index is 6.27. The van der Waals surface area contributed by atoms with Crippen LogP contribution in [0.1, 0.15) is 11.3 Å². The largest absolute Gasteiger partial charge is 0.486 e. The minimum Gasteiger partial charge on any atom is -0.486 e. The maximum Gasteiger partial charge on any atom is 0.191 e. The molecule has 0 bridgehead atoms. The van der Waals surface area contributed by atoms with E-state index in [1.54, 1.807) is 7.05 Å². The van der Waals surface area contributed by atoms with E-state index >= 15 is 0 Å². The SMILES string of the molecule is CN=C(NCc1cc(Cl)c2c(c1)OCCO2)NCc1cc(Cl)c(Cl)n1C. The van der Waals surface area contributed by atoms with Crippen LogP contribution in [0.15, 0.2) is 23.2 Å². The summed E-state index contributed by atoms with van der Waals surface area (Å²) in [6, 6.07) is 5.59. The normalized spacial score (nSPS) is 13.7. The first-order valence-electron chi connectivity index (χ1n) is 8.01. The fraction of sp³-hybridized carbons (Fsp3) is 0.353. The molecule has 0 radical (unpaired) electrons. The molecule has 2 heterocycles. The van der Waals surface area contributed by atoms with Gasteiger partial charge in [0.2, 0.25) is 0 Å². The summed E-state index contributed by atoms with van der Waals surface area (Å²) in [5.41, 5.74) is 1.91. The first kappa shape index (κ1) is 19.0. The predicted molar refractivity (Wildman–Crippen MR) is 105 cm³/mol. The van der Waals surface area contributed by atoms with E-state index in [1.807, 2.05) is 29.8 Å². The smallest absolute Gasteiger partial charge is 0.191 e. The summed E-state index contributed by atoms with van der Waals surface area (Å²) >= 11 is 18.4. The van der Waals surface area contributed by atoms with Crippen molar-refractivity contribution in [1.29, 1.82) is 0 Å². The van der Waals surface area contributed by atoms with Crippen LogP contribution in [0.3, 0.4) is 0 Å². The van der Waals surface area contributed by atoms with Gasteiger partial charge in [0, 0.05) is 26.3 Å². The van der Waals surface area contributed by atoms with Gasteiger partial charge < -0.3 is 24.7 Å². The molecule has 6 nitrogen and oxygen atoms in total. The average Bonchev–Trinajstić information content (AvgIpc) is 2.89. The van der Waals surface area contributed by atoms with Gasteiger partial charge in [-0.05, 0) is 23.8 Å². The molecule has 9 heteroatoms. The maximum atomic E-state index is 6.27. The summed E-state index contributed by atoms with van der Waals surface area (Å²) < 4.78 is 13.0. The Kier molecular flexibility index (Phi) is 6.06. The fourth-order valence-electron chi connectivity index (χ4n) is 2.61. The highest BCUT2D eigenvalue weighted by atomic mass is 35.5. The van der Waals surface area contributed by atoms with E-state index < -0.39 is 0 Å². The van der Waals surface area contributed by atoms with Gasteiger partial charge in [-0.1, -0.05) is 34.8 Å². The van der Waals surface area contributed by atoms with E-state index in [-0.39, 0.29) is 0 Å². The Hall–Kier alpha value is -1.76. The molecular formula is C17H19Cl3N4O2. The Bertz CT molecular complexity index is 836. The van der Waals surface area contributed by atoms with Gasteiger partial charge in [0.05, 0.1) is 16.6 Å². The second-order valence-electron chi connectivity index (χ2n) is 5.71. The van der Waals surface area contributed by atoms with Crippen molar-refractivity contribution in [2.24, 2.45) is 12.0 Å². The number of aromatic nitrogens is 1. The average molecular weight is 418 g/mol. The molecule has 1 aromatic carbocycles. The van der Waals surface area contributed by atoms with Crippen molar-refractivity contribution in [3.63, 3.8) is 0 Å². The van der Waals surface area contributed by atoms with E-state index in [0.29, 0.717) is 59.0 Å². The van der Waals surface area contributed by atoms with Crippen molar-refractivity contribution >= 4 is 40.8 Å². The number of rotatable bonds is 4.